The van der Waals surface area contributed by atoms with Crippen molar-refractivity contribution in [1.82, 2.24) is 9.80 Å². The van der Waals surface area contributed by atoms with E-state index in [1.165, 1.54) is 11.3 Å². The van der Waals surface area contributed by atoms with Crippen molar-refractivity contribution in [1.29, 1.82) is 0 Å². The maximum atomic E-state index is 11.4. The number of likely N-dealkylation sites (N-methyl/N-ethyl adjacent to an activating group) is 1. The van der Waals surface area contributed by atoms with E-state index in [4.69, 9.17) is 0 Å². The SMILES string of the molecule is CC(=O)N(C)C1CC2=C(C)C(C)N=C(C)N2C1. The molecule has 17 heavy (non-hydrogen) atoms. The van der Waals surface area contributed by atoms with E-state index in [1.807, 2.05) is 11.9 Å². The highest BCUT2D eigenvalue weighted by molar-refractivity contribution is 5.84. The predicted molar refractivity (Wildman–Crippen MR) is 68.8 cm³/mol. The molecular formula is C13H21N3O. The lowest BCUT2D eigenvalue weighted by molar-refractivity contribution is -0.129. The van der Waals surface area contributed by atoms with E-state index in [-0.39, 0.29) is 18.0 Å². The van der Waals surface area contributed by atoms with Crippen LogP contribution < -0.4 is 0 Å². The minimum absolute atomic E-state index is 0.135. The van der Waals surface area contributed by atoms with Crippen LogP contribution in [0.5, 0.6) is 0 Å². The first-order chi connectivity index (χ1) is 7.91. The number of rotatable bonds is 1. The third kappa shape index (κ3) is 1.96. The molecule has 4 nitrogen and oxygen atoms in total. The normalized spacial score (nSPS) is 28.1. The Bertz CT molecular complexity index is 411. The molecule has 0 aromatic carbocycles. The highest BCUT2D eigenvalue weighted by atomic mass is 16.2. The summed E-state index contributed by atoms with van der Waals surface area (Å²) in [6.07, 6.45) is 0.957. The van der Waals surface area contributed by atoms with Crippen molar-refractivity contribution in [2.75, 3.05) is 13.6 Å². The van der Waals surface area contributed by atoms with E-state index in [1.54, 1.807) is 6.92 Å². The summed E-state index contributed by atoms with van der Waals surface area (Å²) < 4.78 is 0. The Morgan fingerprint density at radius 2 is 2.12 bits per heavy atom. The summed E-state index contributed by atoms with van der Waals surface area (Å²) in [5, 5.41) is 0. The molecule has 0 saturated carbocycles. The van der Waals surface area contributed by atoms with E-state index >= 15 is 0 Å². The molecule has 0 aromatic rings. The van der Waals surface area contributed by atoms with Crippen LogP contribution in [-0.2, 0) is 4.79 Å². The van der Waals surface area contributed by atoms with Crippen molar-refractivity contribution in [3.05, 3.63) is 11.3 Å². The van der Waals surface area contributed by atoms with Crippen LogP contribution in [-0.4, -0.2) is 47.2 Å². The van der Waals surface area contributed by atoms with Crippen LogP contribution in [0.4, 0.5) is 0 Å². The molecule has 0 bridgehead atoms. The van der Waals surface area contributed by atoms with Gasteiger partial charge in [0.1, 0.15) is 5.84 Å². The fourth-order valence-corrected chi connectivity index (χ4v) is 2.62. The first kappa shape index (κ1) is 12.1. The number of hydrogen-bond acceptors (Lipinski definition) is 3. The number of hydrogen-bond donors (Lipinski definition) is 0. The maximum absolute atomic E-state index is 11.4. The van der Waals surface area contributed by atoms with Crippen molar-refractivity contribution < 1.29 is 4.79 Å². The molecule has 0 N–H and O–H groups in total. The second kappa shape index (κ2) is 4.17. The molecule has 94 valence electrons. The van der Waals surface area contributed by atoms with Gasteiger partial charge >= 0.3 is 0 Å². The topological polar surface area (TPSA) is 35.9 Å². The van der Waals surface area contributed by atoms with Crippen LogP contribution >= 0.6 is 0 Å². The molecule has 2 atom stereocenters. The molecule has 2 heterocycles. The molecule has 2 aliphatic rings. The minimum Gasteiger partial charge on any atom is -0.341 e. The Morgan fingerprint density at radius 3 is 2.71 bits per heavy atom. The fourth-order valence-electron chi connectivity index (χ4n) is 2.62. The second-order valence-electron chi connectivity index (χ2n) is 5.08. The highest BCUT2D eigenvalue weighted by Crippen LogP contribution is 2.32. The molecule has 1 amide bonds. The zero-order valence-electron chi connectivity index (χ0n) is 11.3. The second-order valence-corrected chi connectivity index (χ2v) is 5.08. The molecule has 0 aliphatic carbocycles. The molecule has 2 aliphatic heterocycles. The first-order valence-electron chi connectivity index (χ1n) is 6.16. The van der Waals surface area contributed by atoms with E-state index in [9.17, 15) is 4.79 Å². The van der Waals surface area contributed by atoms with Gasteiger partial charge in [0.2, 0.25) is 5.91 Å². The quantitative estimate of drug-likeness (QED) is 0.692. The molecule has 0 spiro atoms. The van der Waals surface area contributed by atoms with Crippen LogP contribution in [0.2, 0.25) is 0 Å². The number of amidine groups is 1. The third-order valence-corrected chi connectivity index (χ3v) is 4.05. The van der Waals surface area contributed by atoms with Crippen LogP contribution in [0.3, 0.4) is 0 Å². The van der Waals surface area contributed by atoms with Gasteiger partial charge in [0.05, 0.1) is 12.1 Å². The lowest BCUT2D eigenvalue weighted by atomic mass is 10.0. The summed E-state index contributed by atoms with van der Waals surface area (Å²) in [5.74, 6) is 1.22. The summed E-state index contributed by atoms with van der Waals surface area (Å²) in [5.41, 5.74) is 2.71. The Morgan fingerprint density at radius 1 is 1.47 bits per heavy atom. The molecule has 4 heteroatoms. The lowest BCUT2D eigenvalue weighted by Gasteiger charge is -2.29. The van der Waals surface area contributed by atoms with Crippen LogP contribution in [0.25, 0.3) is 0 Å². The summed E-state index contributed by atoms with van der Waals surface area (Å²) in [6, 6.07) is 0.565. The Kier molecular flexibility index (Phi) is 2.98. The number of aliphatic imine (C=N–C) groups is 1. The molecule has 1 saturated heterocycles. The van der Waals surface area contributed by atoms with Crippen molar-refractivity contribution in [2.24, 2.45) is 4.99 Å². The minimum atomic E-state index is 0.135. The van der Waals surface area contributed by atoms with Crippen molar-refractivity contribution in [3.63, 3.8) is 0 Å². The number of carbonyl (C=O) groups excluding carboxylic acids is 1. The Hall–Kier alpha value is -1.32. The van der Waals surface area contributed by atoms with Gasteiger partial charge in [-0.05, 0) is 26.3 Å². The van der Waals surface area contributed by atoms with E-state index < -0.39 is 0 Å². The van der Waals surface area contributed by atoms with Gasteiger partial charge in [-0.1, -0.05) is 0 Å². The molecular weight excluding hydrogens is 214 g/mol. The lowest BCUT2D eigenvalue weighted by Crippen LogP contribution is -2.39. The summed E-state index contributed by atoms with van der Waals surface area (Å²) >= 11 is 0. The zero-order chi connectivity index (χ0) is 12.7. The van der Waals surface area contributed by atoms with Crippen LogP contribution in [0, 0.1) is 0 Å². The van der Waals surface area contributed by atoms with E-state index in [0.29, 0.717) is 0 Å². The number of nitrogens with zero attached hydrogens (tertiary/aromatic N) is 3. The van der Waals surface area contributed by atoms with Gasteiger partial charge in [0.15, 0.2) is 0 Å². The molecule has 0 aromatic heterocycles. The maximum Gasteiger partial charge on any atom is 0.219 e. The fraction of sp³-hybridized carbons (Fsp3) is 0.692. The first-order valence-corrected chi connectivity index (χ1v) is 6.16. The average Bonchev–Trinajstić information content (AvgIpc) is 2.70. The monoisotopic (exact) mass is 235 g/mol. The predicted octanol–water partition coefficient (Wildman–Crippen LogP) is 1.63. The van der Waals surface area contributed by atoms with Gasteiger partial charge in [-0.25, -0.2) is 0 Å². The van der Waals surface area contributed by atoms with Crippen LogP contribution in [0.1, 0.15) is 34.1 Å². The largest absolute Gasteiger partial charge is 0.341 e. The van der Waals surface area contributed by atoms with Gasteiger partial charge in [-0.3, -0.25) is 9.79 Å². The van der Waals surface area contributed by atoms with E-state index in [0.717, 1.165) is 18.8 Å². The number of fused-ring (bicyclic) bond motifs is 1. The van der Waals surface area contributed by atoms with Gasteiger partial charge in [-0.2, -0.15) is 0 Å². The average molecular weight is 235 g/mol. The van der Waals surface area contributed by atoms with Gasteiger partial charge in [0, 0.05) is 32.6 Å². The summed E-state index contributed by atoms with van der Waals surface area (Å²) in [7, 11) is 1.89. The van der Waals surface area contributed by atoms with Gasteiger partial charge in [0.25, 0.3) is 0 Å². The Labute approximate surface area is 103 Å². The van der Waals surface area contributed by atoms with Crippen molar-refractivity contribution in [2.45, 2.75) is 46.2 Å². The molecule has 0 radical (unpaired) electrons. The number of carbonyl (C=O) groups is 1. The van der Waals surface area contributed by atoms with E-state index in [2.05, 4.69) is 30.7 Å². The van der Waals surface area contributed by atoms with Crippen molar-refractivity contribution >= 4 is 11.7 Å². The van der Waals surface area contributed by atoms with Gasteiger partial charge < -0.3 is 9.80 Å². The highest BCUT2D eigenvalue weighted by Gasteiger charge is 2.35. The number of amides is 1. The zero-order valence-corrected chi connectivity index (χ0v) is 11.3. The molecule has 2 unspecified atom stereocenters. The van der Waals surface area contributed by atoms with Crippen LogP contribution in [0.15, 0.2) is 16.3 Å². The molecule has 1 fully saturated rings. The third-order valence-electron chi connectivity index (χ3n) is 4.05. The van der Waals surface area contributed by atoms with Crippen molar-refractivity contribution in [3.8, 4) is 0 Å². The molecule has 2 rings (SSSR count). The standard InChI is InChI=1S/C13H21N3O/c1-8-9(2)14-10(3)16-7-12(6-13(8)16)15(5)11(4)17/h9,12H,6-7H2,1-5H3. The Balaban J connectivity index is 2.25. The summed E-state index contributed by atoms with van der Waals surface area (Å²) in [4.78, 5) is 20.2. The summed E-state index contributed by atoms with van der Waals surface area (Å²) in [6.45, 7) is 8.84. The smallest absolute Gasteiger partial charge is 0.219 e. The van der Waals surface area contributed by atoms with Gasteiger partial charge in [-0.15, -0.1) is 0 Å².